The molecular weight excluding hydrogens is 132 g/mol. The Kier molecular flexibility index (Phi) is 5.27. The number of allylic oxidation sites excluding steroid dienone is 2. The second kappa shape index (κ2) is 5.40. The second-order valence-corrected chi connectivity index (χ2v) is 3.34. The number of hydrogen-bond donors (Lipinski definition) is 0. The monoisotopic (exact) mass is 154 g/mol. The van der Waals surface area contributed by atoms with E-state index in [0.717, 1.165) is 5.92 Å². The summed E-state index contributed by atoms with van der Waals surface area (Å²) in [6.45, 7) is 11.4. The molecule has 0 nitrogen and oxygen atoms in total. The Hall–Kier alpha value is -0.260. The summed E-state index contributed by atoms with van der Waals surface area (Å²) in [5.74, 6) is 0.745. The summed E-state index contributed by atoms with van der Waals surface area (Å²) in [6.07, 6.45) is 3.70. The SMILES string of the molecule is CCC(CC)=C(CC)C(C)C. The summed E-state index contributed by atoms with van der Waals surface area (Å²) in [6, 6.07) is 0. The molecule has 0 radical (unpaired) electrons. The van der Waals surface area contributed by atoms with Crippen LogP contribution in [-0.4, -0.2) is 0 Å². The van der Waals surface area contributed by atoms with Crippen LogP contribution in [0.4, 0.5) is 0 Å². The summed E-state index contributed by atoms with van der Waals surface area (Å²) in [7, 11) is 0. The summed E-state index contributed by atoms with van der Waals surface area (Å²) < 4.78 is 0. The van der Waals surface area contributed by atoms with E-state index in [4.69, 9.17) is 0 Å². The van der Waals surface area contributed by atoms with Crippen LogP contribution >= 0.6 is 0 Å². The van der Waals surface area contributed by atoms with Gasteiger partial charge in [-0.05, 0) is 25.2 Å². The van der Waals surface area contributed by atoms with E-state index < -0.39 is 0 Å². The highest BCUT2D eigenvalue weighted by Crippen LogP contribution is 2.22. The molecule has 0 N–H and O–H groups in total. The lowest BCUT2D eigenvalue weighted by atomic mass is 9.92. The van der Waals surface area contributed by atoms with Gasteiger partial charge < -0.3 is 0 Å². The third kappa shape index (κ3) is 3.09. The molecule has 0 aliphatic rings. The molecule has 66 valence electrons. The molecule has 0 fully saturated rings. The molecule has 0 saturated heterocycles. The Morgan fingerprint density at radius 1 is 0.909 bits per heavy atom. The fourth-order valence-electron chi connectivity index (χ4n) is 1.77. The second-order valence-electron chi connectivity index (χ2n) is 3.34. The van der Waals surface area contributed by atoms with Crippen molar-refractivity contribution in [2.75, 3.05) is 0 Å². The molecule has 0 aliphatic carbocycles. The van der Waals surface area contributed by atoms with Crippen molar-refractivity contribution in [2.45, 2.75) is 53.9 Å². The normalized spacial score (nSPS) is 10.4. The van der Waals surface area contributed by atoms with E-state index in [1.54, 1.807) is 11.1 Å². The Balaban J connectivity index is 4.48. The van der Waals surface area contributed by atoms with E-state index in [0.29, 0.717) is 0 Å². The summed E-state index contributed by atoms with van der Waals surface area (Å²) in [5, 5.41) is 0. The van der Waals surface area contributed by atoms with E-state index in [1.807, 2.05) is 0 Å². The van der Waals surface area contributed by atoms with Crippen LogP contribution in [0, 0.1) is 5.92 Å². The minimum Gasteiger partial charge on any atom is -0.0713 e. The first kappa shape index (κ1) is 10.7. The largest absolute Gasteiger partial charge is 0.0713 e. The third-order valence-electron chi connectivity index (χ3n) is 2.39. The zero-order valence-corrected chi connectivity index (χ0v) is 8.70. The zero-order chi connectivity index (χ0) is 8.85. The molecule has 0 atom stereocenters. The average molecular weight is 154 g/mol. The van der Waals surface area contributed by atoms with E-state index in [1.165, 1.54) is 19.3 Å². The highest BCUT2D eigenvalue weighted by atomic mass is 14.1. The van der Waals surface area contributed by atoms with Crippen LogP contribution in [0.5, 0.6) is 0 Å². The Morgan fingerprint density at radius 3 is 1.45 bits per heavy atom. The van der Waals surface area contributed by atoms with Crippen molar-refractivity contribution in [1.29, 1.82) is 0 Å². The highest BCUT2D eigenvalue weighted by molar-refractivity contribution is 5.15. The molecular formula is C11H22. The maximum Gasteiger partial charge on any atom is -0.0258 e. The lowest BCUT2D eigenvalue weighted by Gasteiger charge is -2.14. The summed E-state index contributed by atoms with van der Waals surface area (Å²) in [4.78, 5) is 0. The van der Waals surface area contributed by atoms with Gasteiger partial charge in [-0.25, -0.2) is 0 Å². The van der Waals surface area contributed by atoms with Gasteiger partial charge in [0, 0.05) is 0 Å². The summed E-state index contributed by atoms with van der Waals surface area (Å²) in [5.41, 5.74) is 3.34. The highest BCUT2D eigenvalue weighted by Gasteiger charge is 2.05. The fourth-order valence-corrected chi connectivity index (χ4v) is 1.77. The van der Waals surface area contributed by atoms with E-state index in [9.17, 15) is 0 Å². The van der Waals surface area contributed by atoms with Crippen LogP contribution < -0.4 is 0 Å². The molecule has 0 aromatic heterocycles. The molecule has 0 heterocycles. The summed E-state index contributed by atoms with van der Waals surface area (Å²) >= 11 is 0. The first-order valence-corrected chi connectivity index (χ1v) is 4.88. The third-order valence-corrected chi connectivity index (χ3v) is 2.39. The predicted octanol–water partition coefficient (Wildman–Crippen LogP) is 4.17. The maximum atomic E-state index is 2.30. The maximum absolute atomic E-state index is 2.30. The molecule has 0 amide bonds. The molecule has 0 unspecified atom stereocenters. The lowest BCUT2D eigenvalue weighted by Crippen LogP contribution is -1.97. The number of rotatable bonds is 4. The lowest BCUT2D eigenvalue weighted by molar-refractivity contribution is 0.700. The Labute approximate surface area is 71.7 Å². The van der Waals surface area contributed by atoms with E-state index >= 15 is 0 Å². The molecule has 0 rings (SSSR count). The Morgan fingerprint density at radius 2 is 1.36 bits per heavy atom. The fraction of sp³-hybridized carbons (Fsp3) is 0.818. The van der Waals surface area contributed by atoms with Gasteiger partial charge in [0.1, 0.15) is 0 Å². The van der Waals surface area contributed by atoms with Gasteiger partial charge in [0.2, 0.25) is 0 Å². The van der Waals surface area contributed by atoms with Crippen molar-refractivity contribution in [3.8, 4) is 0 Å². The van der Waals surface area contributed by atoms with Crippen molar-refractivity contribution in [1.82, 2.24) is 0 Å². The topological polar surface area (TPSA) is 0 Å². The molecule has 0 heteroatoms. The van der Waals surface area contributed by atoms with E-state index in [2.05, 4.69) is 34.6 Å². The number of hydrogen-bond acceptors (Lipinski definition) is 0. The van der Waals surface area contributed by atoms with Gasteiger partial charge in [0.15, 0.2) is 0 Å². The van der Waals surface area contributed by atoms with Gasteiger partial charge >= 0.3 is 0 Å². The molecule has 11 heavy (non-hydrogen) atoms. The molecule has 0 bridgehead atoms. The average Bonchev–Trinajstić information content (AvgIpc) is 1.99. The van der Waals surface area contributed by atoms with Crippen molar-refractivity contribution in [3.05, 3.63) is 11.1 Å². The van der Waals surface area contributed by atoms with E-state index in [-0.39, 0.29) is 0 Å². The minimum absolute atomic E-state index is 0.745. The smallest absolute Gasteiger partial charge is 0.0258 e. The molecule has 0 aliphatic heterocycles. The van der Waals surface area contributed by atoms with Gasteiger partial charge in [-0.15, -0.1) is 0 Å². The van der Waals surface area contributed by atoms with Crippen molar-refractivity contribution in [3.63, 3.8) is 0 Å². The van der Waals surface area contributed by atoms with Crippen LogP contribution in [0.15, 0.2) is 11.1 Å². The van der Waals surface area contributed by atoms with Crippen LogP contribution in [0.1, 0.15) is 53.9 Å². The first-order chi connectivity index (χ1) is 5.17. The van der Waals surface area contributed by atoms with Gasteiger partial charge in [0.25, 0.3) is 0 Å². The van der Waals surface area contributed by atoms with Crippen LogP contribution in [0.25, 0.3) is 0 Å². The van der Waals surface area contributed by atoms with Gasteiger partial charge in [-0.2, -0.15) is 0 Å². The molecule has 0 aromatic carbocycles. The van der Waals surface area contributed by atoms with Crippen LogP contribution in [-0.2, 0) is 0 Å². The predicted molar refractivity (Wildman–Crippen MR) is 52.7 cm³/mol. The van der Waals surface area contributed by atoms with Gasteiger partial charge in [0.05, 0.1) is 0 Å². The Bertz CT molecular complexity index is 123. The first-order valence-electron chi connectivity index (χ1n) is 4.88. The molecule has 0 spiro atoms. The zero-order valence-electron chi connectivity index (χ0n) is 8.70. The van der Waals surface area contributed by atoms with Crippen LogP contribution in [0.3, 0.4) is 0 Å². The molecule has 0 saturated carbocycles. The van der Waals surface area contributed by atoms with Crippen molar-refractivity contribution in [2.24, 2.45) is 5.92 Å². The minimum atomic E-state index is 0.745. The van der Waals surface area contributed by atoms with Crippen molar-refractivity contribution < 1.29 is 0 Å². The molecule has 0 aromatic rings. The van der Waals surface area contributed by atoms with Gasteiger partial charge in [-0.3, -0.25) is 0 Å². The van der Waals surface area contributed by atoms with Gasteiger partial charge in [-0.1, -0.05) is 45.8 Å². The van der Waals surface area contributed by atoms with Crippen LogP contribution in [0.2, 0.25) is 0 Å². The quantitative estimate of drug-likeness (QED) is 0.533. The standard InChI is InChI=1S/C11H22/c1-6-10(7-2)11(8-3)9(4)5/h9H,6-8H2,1-5H3. The van der Waals surface area contributed by atoms with Crippen molar-refractivity contribution >= 4 is 0 Å².